The smallest absolute Gasteiger partial charge is 0.243 e. The van der Waals surface area contributed by atoms with E-state index in [4.69, 9.17) is 16.3 Å². The minimum absolute atomic E-state index is 0.140. The monoisotopic (exact) mass is 332 g/mol. The van der Waals surface area contributed by atoms with Gasteiger partial charge in [0.1, 0.15) is 5.75 Å². The number of amides is 1. The third-order valence-corrected chi connectivity index (χ3v) is 3.34. The van der Waals surface area contributed by atoms with E-state index >= 15 is 0 Å². The summed E-state index contributed by atoms with van der Waals surface area (Å²) in [6, 6.07) is 14.7. The predicted molar refractivity (Wildman–Crippen MR) is 95.3 cm³/mol. The summed E-state index contributed by atoms with van der Waals surface area (Å²) in [5.74, 6) is 1.05. The van der Waals surface area contributed by atoms with E-state index in [-0.39, 0.29) is 12.5 Å². The van der Waals surface area contributed by atoms with Crippen LogP contribution in [0.3, 0.4) is 0 Å². The summed E-state index contributed by atoms with van der Waals surface area (Å²) < 4.78 is 5.65. The Morgan fingerprint density at radius 2 is 1.96 bits per heavy atom. The fourth-order valence-electron chi connectivity index (χ4n) is 1.91. The van der Waals surface area contributed by atoms with E-state index in [0.717, 1.165) is 11.4 Å². The summed E-state index contributed by atoms with van der Waals surface area (Å²) >= 11 is 6.04. The van der Waals surface area contributed by atoms with E-state index < -0.39 is 0 Å². The first-order chi connectivity index (χ1) is 11.0. The highest BCUT2D eigenvalue weighted by atomic mass is 35.5. The minimum atomic E-state index is -0.147. The summed E-state index contributed by atoms with van der Waals surface area (Å²) in [7, 11) is 0. The molecule has 0 unspecified atom stereocenters. The van der Waals surface area contributed by atoms with Gasteiger partial charge in [-0.3, -0.25) is 4.79 Å². The lowest BCUT2D eigenvalue weighted by Gasteiger charge is -2.11. The molecular formula is C18H21ClN2O2. The highest BCUT2D eigenvalue weighted by Gasteiger charge is 2.05. The van der Waals surface area contributed by atoms with E-state index in [1.165, 1.54) is 0 Å². The van der Waals surface area contributed by atoms with Gasteiger partial charge in [-0.2, -0.15) is 0 Å². The van der Waals surface area contributed by atoms with Crippen LogP contribution in [-0.2, 0) is 4.79 Å². The summed E-state index contributed by atoms with van der Waals surface area (Å²) in [6.45, 7) is 4.96. The summed E-state index contributed by atoms with van der Waals surface area (Å²) in [5.41, 5.74) is 1.44. The fraction of sp³-hybridized carbons (Fsp3) is 0.278. The molecule has 2 aromatic rings. The molecule has 0 radical (unpaired) electrons. The summed E-state index contributed by atoms with van der Waals surface area (Å²) in [6.07, 6.45) is 0. The number of para-hydroxylation sites is 1. The molecule has 0 spiro atoms. The van der Waals surface area contributed by atoms with Crippen molar-refractivity contribution in [3.8, 4) is 5.75 Å². The van der Waals surface area contributed by atoms with E-state index in [9.17, 15) is 4.79 Å². The van der Waals surface area contributed by atoms with Crippen molar-refractivity contribution < 1.29 is 9.53 Å². The van der Waals surface area contributed by atoms with Gasteiger partial charge in [0.05, 0.1) is 23.9 Å². The number of carbonyl (C=O) groups is 1. The van der Waals surface area contributed by atoms with Crippen molar-refractivity contribution in [2.75, 3.05) is 23.8 Å². The number of rotatable bonds is 7. The Morgan fingerprint density at radius 3 is 2.70 bits per heavy atom. The van der Waals surface area contributed by atoms with Crippen LogP contribution >= 0.6 is 11.6 Å². The van der Waals surface area contributed by atoms with Gasteiger partial charge in [0.25, 0.3) is 0 Å². The van der Waals surface area contributed by atoms with Crippen molar-refractivity contribution in [1.29, 1.82) is 0 Å². The van der Waals surface area contributed by atoms with E-state index in [1.54, 1.807) is 6.07 Å². The standard InChI is InChI=1S/C18H21ClN2O2/c1-13(2)12-23-15-7-5-6-14(10-15)21-18(22)11-20-17-9-4-3-8-16(17)19/h3-10,13,20H,11-12H2,1-2H3,(H,21,22). The molecule has 2 rings (SSSR count). The van der Waals surface area contributed by atoms with Crippen LogP contribution in [0.4, 0.5) is 11.4 Å². The van der Waals surface area contributed by atoms with Crippen molar-refractivity contribution in [3.05, 3.63) is 53.6 Å². The molecule has 122 valence electrons. The molecule has 5 heteroatoms. The highest BCUT2D eigenvalue weighted by molar-refractivity contribution is 6.33. The maximum atomic E-state index is 12.0. The topological polar surface area (TPSA) is 50.4 Å². The van der Waals surface area contributed by atoms with Gasteiger partial charge in [0.15, 0.2) is 0 Å². The number of benzene rings is 2. The van der Waals surface area contributed by atoms with Crippen LogP contribution in [0.5, 0.6) is 5.75 Å². The third-order valence-electron chi connectivity index (χ3n) is 3.01. The summed E-state index contributed by atoms with van der Waals surface area (Å²) in [5, 5.41) is 6.43. The Kier molecular flexibility index (Phi) is 6.29. The van der Waals surface area contributed by atoms with Crippen molar-refractivity contribution in [2.45, 2.75) is 13.8 Å². The number of halogens is 1. The van der Waals surface area contributed by atoms with Gasteiger partial charge in [-0.15, -0.1) is 0 Å². The SMILES string of the molecule is CC(C)COc1cccc(NC(=O)CNc2ccccc2Cl)c1. The fourth-order valence-corrected chi connectivity index (χ4v) is 2.11. The molecule has 1 amide bonds. The van der Waals surface area contributed by atoms with E-state index in [2.05, 4.69) is 24.5 Å². The maximum Gasteiger partial charge on any atom is 0.243 e. The molecule has 0 heterocycles. The van der Waals surface area contributed by atoms with Gasteiger partial charge in [-0.1, -0.05) is 43.6 Å². The van der Waals surface area contributed by atoms with Gasteiger partial charge in [0.2, 0.25) is 5.91 Å². The lowest BCUT2D eigenvalue weighted by Crippen LogP contribution is -2.21. The molecule has 23 heavy (non-hydrogen) atoms. The molecule has 0 atom stereocenters. The molecule has 2 N–H and O–H groups in total. The molecule has 0 bridgehead atoms. The Labute approximate surface area is 141 Å². The zero-order chi connectivity index (χ0) is 16.7. The third kappa shape index (κ3) is 5.83. The van der Waals surface area contributed by atoms with Gasteiger partial charge in [-0.05, 0) is 30.2 Å². The average molecular weight is 333 g/mol. The Hall–Kier alpha value is -2.20. The van der Waals surface area contributed by atoms with Crippen molar-refractivity contribution in [3.63, 3.8) is 0 Å². The van der Waals surface area contributed by atoms with Crippen LogP contribution < -0.4 is 15.4 Å². The first-order valence-corrected chi connectivity index (χ1v) is 7.93. The van der Waals surface area contributed by atoms with Crippen LogP contribution in [0.25, 0.3) is 0 Å². The highest BCUT2D eigenvalue weighted by Crippen LogP contribution is 2.20. The molecule has 2 aromatic carbocycles. The van der Waals surface area contributed by atoms with E-state index in [0.29, 0.717) is 23.2 Å². The van der Waals surface area contributed by atoms with Crippen LogP contribution in [0.15, 0.2) is 48.5 Å². The quantitative estimate of drug-likeness (QED) is 0.788. The summed E-state index contributed by atoms with van der Waals surface area (Å²) in [4.78, 5) is 12.0. The number of carbonyl (C=O) groups excluding carboxylic acids is 1. The molecule has 0 aliphatic carbocycles. The molecule has 0 aromatic heterocycles. The van der Waals surface area contributed by atoms with Crippen LogP contribution in [-0.4, -0.2) is 19.1 Å². The molecule has 4 nitrogen and oxygen atoms in total. The Balaban J connectivity index is 1.87. The molecule has 0 fully saturated rings. The number of hydrogen-bond donors (Lipinski definition) is 2. The first-order valence-electron chi connectivity index (χ1n) is 7.55. The zero-order valence-corrected chi connectivity index (χ0v) is 14.1. The molecule has 0 aliphatic heterocycles. The van der Waals surface area contributed by atoms with Gasteiger partial charge in [0, 0.05) is 11.8 Å². The lowest BCUT2D eigenvalue weighted by atomic mass is 10.2. The molecule has 0 aliphatic rings. The zero-order valence-electron chi connectivity index (χ0n) is 13.3. The first kappa shape index (κ1) is 17.2. The van der Waals surface area contributed by atoms with Crippen molar-refractivity contribution in [1.82, 2.24) is 0 Å². The number of anilines is 2. The maximum absolute atomic E-state index is 12.0. The normalized spacial score (nSPS) is 10.4. The van der Waals surface area contributed by atoms with Crippen LogP contribution in [0.2, 0.25) is 5.02 Å². The Bertz CT molecular complexity index is 659. The minimum Gasteiger partial charge on any atom is -0.493 e. The second-order valence-electron chi connectivity index (χ2n) is 5.61. The second kappa shape index (κ2) is 8.44. The average Bonchev–Trinajstić information content (AvgIpc) is 2.52. The van der Waals surface area contributed by atoms with Gasteiger partial charge >= 0.3 is 0 Å². The number of ether oxygens (including phenoxy) is 1. The van der Waals surface area contributed by atoms with Gasteiger partial charge in [-0.25, -0.2) is 0 Å². The van der Waals surface area contributed by atoms with Crippen molar-refractivity contribution in [2.24, 2.45) is 5.92 Å². The van der Waals surface area contributed by atoms with Gasteiger partial charge < -0.3 is 15.4 Å². The van der Waals surface area contributed by atoms with Crippen molar-refractivity contribution >= 4 is 28.9 Å². The second-order valence-corrected chi connectivity index (χ2v) is 6.02. The van der Waals surface area contributed by atoms with E-state index in [1.807, 2.05) is 42.5 Å². The number of hydrogen-bond acceptors (Lipinski definition) is 3. The van der Waals surface area contributed by atoms with Crippen LogP contribution in [0, 0.1) is 5.92 Å². The largest absolute Gasteiger partial charge is 0.493 e. The lowest BCUT2D eigenvalue weighted by molar-refractivity contribution is -0.114. The Morgan fingerprint density at radius 1 is 1.17 bits per heavy atom. The predicted octanol–water partition coefficient (Wildman–Crippen LogP) is 4.43. The molecule has 0 saturated heterocycles. The van der Waals surface area contributed by atoms with Crippen LogP contribution in [0.1, 0.15) is 13.8 Å². The number of nitrogens with one attached hydrogen (secondary N) is 2. The molecule has 0 saturated carbocycles. The molecular weight excluding hydrogens is 312 g/mol.